The van der Waals surface area contributed by atoms with Crippen LogP contribution in [0.2, 0.25) is 0 Å². The molecule has 1 aliphatic carbocycles. The molecule has 1 aromatic heterocycles. The van der Waals surface area contributed by atoms with E-state index in [1.165, 1.54) is 30.9 Å². The summed E-state index contributed by atoms with van der Waals surface area (Å²) in [5.41, 5.74) is 1.16. The Hall–Kier alpha value is -4.86. The van der Waals surface area contributed by atoms with Crippen molar-refractivity contribution in [2.45, 2.75) is 38.5 Å². The van der Waals surface area contributed by atoms with E-state index >= 15 is 0 Å². The highest BCUT2D eigenvalue weighted by Crippen LogP contribution is 2.30. The number of hydrogen-bond acceptors (Lipinski definition) is 6. The van der Waals surface area contributed by atoms with E-state index in [-0.39, 0.29) is 35.9 Å². The number of hydrogen-bond donors (Lipinski definition) is 2. The van der Waals surface area contributed by atoms with Crippen molar-refractivity contribution in [3.05, 3.63) is 104 Å². The van der Waals surface area contributed by atoms with Crippen molar-refractivity contribution in [3.63, 3.8) is 0 Å². The lowest BCUT2D eigenvalue weighted by Gasteiger charge is -2.16. The summed E-state index contributed by atoms with van der Waals surface area (Å²) < 4.78 is 13.1. The van der Waals surface area contributed by atoms with E-state index < -0.39 is 17.2 Å². The molecule has 1 heterocycles. The molecule has 40 heavy (non-hydrogen) atoms. The standard InChI is InChI=1S/C30H30N4O6/c1-39-25-14-23-24(15-26(25)40-2)33(18-27(35)31-16-19-6-4-3-5-7-19)30(38)34(29(23)37)17-20-8-10-21(11-9-20)28(36)32-22-12-13-22/h3-11,14-15,22H,12-13,16-18H2,1-2H3,(H,31,35)(H,32,36). The molecule has 0 radical (unpaired) electrons. The summed E-state index contributed by atoms with van der Waals surface area (Å²) in [7, 11) is 2.91. The van der Waals surface area contributed by atoms with Gasteiger partial charge in [0.15, 0.2) is 11.5 Å². The monoisotopic (exact) mass is 542 g/mol. The number of amides is 2. The van der Waals surface area contributed by atoms with Gasteiger partial charge in [0, 0.05) is 24.2 Å². The van der Waals surface area contributed by atoms with Crippen LogP contribution in [0.3, 0.4) is 0 Å². The normalized spacial score (nSPS) is 12.7. The molecule has 4 aromatic rings. The number of nitrogens with one attached hydrogen (secondary N) is 2. The molecular weight excluding hydrogens is 512 g/mol. The highest BCUT2D eigenvalue weighted by atomic mass is 16.5. The van der Waals surface area contributed by atoms with Crippen molar-refractivity contribution in [2.24, 2.45) is 0 Å². The molecule has 3 aromatic carbocycles. The average Bonchev–Trinajstić information content (AvgIpc) is 3.80. The summed E-state index contributed by atoms with van der Waals surface area (Å²) in [6.45, 7) is -0.0554. The molecule has 0 aliphatic heterocycles. The molecule has 206 valence electrons. The molecular formula is C30H30N4O6. The minimum Gasteiger partial charge on any atom is -0.493 e. The highest BCUT2D eigenvalue weighted by Gasteiger charge is 2.24. The molecule has 1 saturated carbocycles. The Bertz CT molecular complexity index is 1670. The zero-order chi connectivity index (χ0) is 28.2. The van der Waals surface area contributed by atoms with E-state index in [9.17, 15) is 19.2 Å². The van der Waals surface area contributed by atoms with Gasteiger partial charge in [-0.15, -0.1) is 0 Å². The minimum absolute atomic E-state index is 0.0435. The van der Waals surface area contributed by atoms with Crippen molar-refractivity contribution >= 4 is 22.7 Å². The first kappa shape index (κ1) is 26.7. The first-order valence-electron chi connectivity index (χ1n) is 13.0. The number of fused-ring (bicyclic) bond motifs is 1. The second kappa shape index (κ2) is 11.5. The van der Waals surface area contributed by atoms with Gasteiger partial charge >= 0.3 is 5.69 Å². The van der Waals surface area contributed by atoms with Gasteiger partial charge in [-0.1, -0.05) is 42.5 Å². The van der Waals surface area contributed by atoms with Gasteiger partial charge in [0.05, 0.1) is 31.7 Å². The van der Waals surface area contributed by atoms with Crippen LogP contribution in [0, 0.1) is 0 Å². The fraction of sp³-hybridized carbons (Fsp3) is 0.267. The van der Waals surface area contributed by atoms with Gasteiger partial charge in [-0.25, -0.2) is 4.79 Å². The fourth-order valence-electron chi connectivity index (χ4n) is 4.47. The van der Waals surface area contributed by atoms with E-state index in [1.807, 2.05) is 30.3 Å². The molecule has 10 heteroatoms. The van der Waals surface area contributed by atoms with Crippen LogP contribution < -0.4 is 31.4 Å². The molecule has 0 saturated heterocycles. The summed E-state index contributed by atoms with van der Waals surface area (Å²) in [5.74, 6) is 0.105. The third-order valence-electron chi connectivity index (χ3n) is 6.83. The molecule has 2 amide bonds. The summed E-state index contributed by atoms with van der Waals surface area (Å²) in [6.07, 6.45) is 1.98. The Morgan fingerprint density at radius 1 is 0.875 bits per heavy atom. The second-order valence-corrected chi connectivity index (χ2v) is 9.69. The van der Waals surface area contributed by atoms with Gasteiger partial charge in [0.1, 0.15) is 6.54 Å². The number of carbonyl (C=O) groups excluding carboxylic acids is 2. The predicted octanol–water partition coefficient (Wildman–Crippen LogP) is 2.44. The molecule has 1 fully saturated rings. The predicted molar refractivity (Wildman–Crippen MR) is 150 cm³/mol. The zero-order valence-electron chi connectivity index (χ0n) is 22.3. The van der Waals surface area contributed by atoms with E-state index in [2.05, 4.69) is 10.6 Å². The minimum atomic E-state index is -0.643. The molecule has 2 N–H and O–H groups in total. The Balaban J connectivity index is 1.50. The van der Waals surface area contributed by atoms with Crippen LogP contribution in [-0.2, 0) is 24.4 Å². The molecule has 0 spiro atoms. The summed E-state index contributed by atoms with van der Waals surface area (Å²) in [5, 5.41) is 5.97. The number of ether oxygens (including phenoxy) is 2. The number of carbonyl (C=O) groups is 2. The Labute approximate surface area is 230 Å². The average molecular weight is 543 g/mol. The Kier molecular flexibility index (Phi) is 7.68. The lowest BCUT2D eigenvalue weighted by Crippen LogP contribution is -2.42. The maximum absolute atomic E-state index is 13.7. The molecule has 0 unspecified atom stereocenters. The Morgan fingerprint density at radius 2 is 1.55 bits per heavy atom. The summed E-state index contributed by atoms with van der Waals surface area (Å²) in [4.78, 5) is 52.5. The van der Waals surface area contributed by atoms with Gasteiger partial charge in [-0.3, -0.25) is 23.5 Å². The summed E-state index contributed by atoms with van der Waals surface area (Å²) in [6, 6.07) is 19.5. The van der Waals surface area contributed by atoms with Crippen LogP contribution >= 0.6 is 0 Å². The SMILES string of the molecule is COc1cc2c(=O)n(Cc3ccc(C(=O)NC4CC4)cc3)c(=O)n(CC(=O)NCc3ccccc3)c2cc1OC. The first-order chi connectivity index (χ1) is 19.4. The molecule has 0 atom stereocenters. The van der Waals surface area contributed by atoms with Gasteiger partial charge < -0.3 is 20.1 Å². The highest BCUT2D eigenvalue weighted by molar-refractivity contribution is 5.94. The van der Waals surface area contributed by atoms with Gasteiger partial charge in [-0.05, 0) is 42.2 Å². The van der Waals surface area contributed by atoms with E-state index in [1.54, 1.807) is 24.3 Å². The van der Waals surface area contributed by atoms with Crippen molar-refractivity contribution in [1.82, 2.24) is 19.8 Å². The molecule has 10 nitrogen and oxygen atoms in total. The van der Waals surface area contributed by atoms with Gasteiger partial charge in [0.25, 0.3) is 11.5 Å². The van der Waals surface area contributed by atoms with Crippen LogP contribution in [0.1, 0.15) is 34.3 Å². The summed E-state index contributed by atoms with van der Waals surface area (Å²) >= 11 is 0. The van der Waals surface area contributed by atoms with Crippen LogP contribution in [0.15, 0.2) is 76.3 Å². The van der Waals surface area contributed by atoms with E-state index in [0.717, 1.165) is 23.0 Å². The number of nitrogens with zero attached hydrogens (tertiary/aromatic N) is 2. The number of aromatic nitrogens is 2. The molecule has 0 bridgehead atoms. The van der Waals surface area contributed by atoms with Crippen LogP contribution in [0.5, 0.6) is 11.5 Å². The zero-order valence-corrected chi connectivity index (χ0v) is 22.3. The van der Waals surface area contributed by atoms with Crippen LogP contribution in [-0.4, -0.2) is 41.2 Å². The number of rotatable bonds is 10. The van der Waals surface area contributed by atoms with Gasteiger partial charge in [-0.2, -0.15) is 0 Å². The maximum atomic E-state index is 13.7. The number of methoxy groups -OCH3 is 2. The topological polar surface area (TPSA) is 121 Å². The van der Waals surface area contributed by atoms with Crippen molar-refractivity contribution in [3.8, 4) is 11.5 Å². The third-order valence-corrected chi connectivity index (χ3v) is 6.83. The van der Waals surface area contributed by atoms with Gasteiger partial charge in [0.2, 0.25) is 5.91 Å². The first-order valence-corrected chi connectivity index (χ1v) is 13.0. The van der Waals surface area contributed by atoms with E-state index in [4.69, 9.17) is 9.47 Å². The van der Waals surface area contributed by atoms with Crippen LogP contribution in [0.25, 0.3) is 10.9 Å². The largest absolute Gasteiger partial charge is 0.493 e. The van der Waals surface area contributed by atoms with Crippen molar-refractivity contribution in [1.29, 1.82) is 0 Å². The molecule has 1 aliphatic rings. The maximum Gasteiger partial charge on any atom is 0.332 e. The van der Waals surface area contributed by atoms with Crippen LogP contribution in [0.4, 0.5) is 0 Å². The smallest absolute Gasteiger partial charge is 0.332 e. The second-order valence-electron chi connectivity index (χ2n) is 9.69. The van der Waals surface area contributed by atoms with Crippen molar-refractivity contribution < 1.29 is 19.1 Å². The number of benzene rings is 3. The van der Waals surface area contributed by atoms with Crippen molar-refractivity contribution in [2.75, 3.05) is 14.2 Å². The third kappa shape index (κ3) is 5.75. The fourth-order valence-corrected chi connectivity index (χ4v) is 4.47. The molecule has 5 rings (SSSR count). The quantitative estimate of drug-likeness (QED) is 0.318. The lowest BCUT2D eigenvalue weighted by atomic mass is 10.1. The Morgan fingerprint density at radius 3 is 2.20 bits per heavy atom. The lowest BCUT2D eigenvalue weighted by molar-refractivity contribution is -0.121. The van der Waals surface area contributed by atoms with E-state index in [0.29, 0.717) is 29.2 Å².